The van der Waals surface area contributed by atoms with Crippen molar-refractivity contribution in [2.75, 3.05) is 18.6 Å². The number of hydrogen-bond donors (Lipinski definition) is 0. The Bertz CT molecular complexity index is 1530. The molecule has 0 unspecified atom stereocenters. The van der Waals surface area contributed by atoms with Gasteiger partial charge < -0.3 is 9.64 Å². The summed E-state index contributed by atoms with van der Waals surface area (Å²) in [7, 11) is 1.74. The molecule has 5 rings (SSSR count). The smallest absolute Gasteiger partial charge is 0.203 e. The first kappa shape index (κ1) is 25.6. The van der Waals surface area contributed by atoms with Gasteiger partial charge >= 0.3 is 0 Å². The van der Waals surface area contributed by atoms with E-state index in [9.17, 15) is 0 Å². The summed E-state index contributed by atoms with van der Waals surface area (Å²) in [4.78, 5) is 6.92. The van der Waals surface area contributed by atoms with Gasteiger partial charge in [0.15, 0.2) is 5.65 Å². The summed E-state index contributed by atoms with van der Waals surface area (Å²) in [6.45, 7) is 9.84. The number of pyridine rings is 1. The van der Waals surface area contributed by atoms with Crippen LogP contribution in [0.5, 0.6) is 5.75 Å². The fraction of sp³-hybridized carbons (Fsp3) is 0.355. The zero-order valence-corrected chi connectivity index (χ0v) is 23.0. The zero-order chi connectivity index (χ0) is 26.7. The number of anilines is 1. The van der Waals surface area contributed by atoms with Gasteiger partial charge in [0.25, 0.3) is 0 Å². The van der Waals surface area contributed by atoms with Crippen LogP contribution in [-0.2, 0) is 5.41 Å². The molecular weight excluding hydrogens is 472 g/mol. The van der Waals surface area contributed by atoms with E-state index in [2.05, 4.69) is 83.4 Å². The number of aryl methyl sites for hydroxylation is 1. The van der Waals surface area contributed by atoms with E-state index in [-0.39, 0.29) is 5.41 Å². The van der Waals surface area contributed by atoms with Gasteiger partial charge in [-0.05, 0) is 74.2 Å². The number of unbranched alkanes of at least 4 members (excludes halogenated alkanes) is 1. The van der Waals surface area contributed by atoms with Crippen LogP contribution in [0.2, 0.25) is 0 Å². The summed E-state index contributed by atoms with van der Waals surface area (Å²) in [5, 5.41) is 14.4. The summed E-state index contributed by atoms with van der Waals surface area (Å²) in [6.07, 6.45) is 14.7. The van der Waals surface area contributed by atoms with Crippen molar-refractivity contribution in [3.8, 4) is 17.3 Å². The van der Waals surface area contributed by atoms with Crippen molar-refractivity contribution >= 4 is 17.4 Å². The van der Waals surface area contributed by atoms with Crippen LogP contribution in [0.1, 0.15) is 57.7 Å². The van der Waals surface area contributed by atoms with Crippen molar-refractivity contribution in [1.82, 2.24) is 24.8 Å². The number of nitrogens with zero attached hydrogens (tertiary/aromatic N) is 6. The Labute approximate surface area is 224 Å². The molecule has 7 nitrogen and oxygen atoms in total. The molecule has 0 fully saturated rings. The molecule has 0 aliphatic carbocycles. The molecular formula is C31H36N6O. The Kier molecular flexibility index (Phi) is 7.27. The molecule has 3 aromatic heterocycles. The summed E-state index contributed by atoms with van der Waals surface area (Å²) in [6, 6.07) is 12.3. The highest BCUT2D eigenvalue weighted by Crippen LogP contribution is 2.53. The highest BCUT2D eigenvalue weighted by Gasteiger charge is 2.44. The number of methoxy groups -OCH3 is 1. The van der Waals surface area contributed by atoms with Gasteiger partial charge in [-0.3, -0.25) is 4.98 Å². The minimum absolute atomic E-state index is 0.0441. The maximum atomic E-state index is 5.61. The molecule has 38 heavy (non-hydrogen) atoms. The molecule has 0 N–H and O–H groups in total. The lowest BCUT2D eigenvalue weighted by molar-refractivity contribution is 0.411. The van der Waals surface area contributed by atoms with E-state index >= 15 is 0 Å². The van der Waals surface area contributed by atoms with Gasteiger partial charge in [0.2, 0.25) is 5.82 Å². The number of ether oxygens (including phenoxy) is 1. The van der Waals surface area contributed by atoms with Crippen molar-refractivity contribution in [3.05, 3.63) is 83.0 Å². The minimum atomic E-state index is -0.0441. The zero-order valence-electron chi connectivity index (χ0n) is 23.0. The molecule has 196 valence electrons. The minimum Gasteiger partial charge on any atom is -0.497 e. The quantitative estimate of drug-likeness (QED) is 0.284. The van der Waals surface area contributed by atoms with Gasteiger partial charge in [0.1, 0.15) is 11.4 Å². The normalized spacial score (nSPS) is 16.3. The highest BCUT2D eigenvalue weighted by molar-refractivity contribution is 5.73. The molecule has 0 saturated heterocycles. The van der Waals surface area contributed by atoms with Gasteiger partial charge in [0, 0.05) is 34.8 Å². The molecule has 0 atom stereocenters. The van der Waals surface area contributed by atoms with Gasteiger partial charge in [-0.25, -0.2) is 0 Å². The van der Waals surface area contributed by atoms with E-state index in [1.165, 1.54) is 16.9 Å². The van der Waals surface area contributed by atoms with E-state index < -0.39 is 0 Å². The van der Waals surface area contributed by atoms with Crippen LogP contribution in [-0.4, -0.2) is 38.4 Å². The van der Waals surface area contributed by atoms with Crippen LogP contribution in [0.25, 0.3) is 23.2 Å². The first-order chi connectivity index (χ1) is 18.6. The largest absolute Gasteiger partial charge is 0.497 e. The van der Waals surface area contributed by atoms with Gasteiger partial charge in [0.05, 0.1) is 12.8 Å². The maximum absolute atomic E-state index is 5.61. The van der Waals surface area contributed by atoms with E-state index in [4.69, 9.17) is 9.84 Å². The van der Waals surface area contributed by atoms with Crippen LogP contribution in [0.3, 0.4) is 0 Å². The van der Waals surface area contributed by atoms with Gasteiger partial charge in [-0.1, -0.05) is 45.4 Å². The number of aromatic nitrogens is 5. The molecule has 0 saturated carbocycles. The Morgan fingerprint density at radius 3 is 2.53 bits per heavy atom. The second-order valence-corrected chi connectivity index (χ2v) is 9.75. The molecule has 0 bridgehead atoms. The van der Waals surface area contributed by atoms with E-state index in [1.54, 1.807) is 17.8 Å². The fourth-order valence-corrected chi connectivity index (χ4v) is 5.64. The van der Waals surface area contributed by atoms with Crippen LogP contribution < -0.4 is 14.9 Å². The molecule has 0 amide bonds. The number of hydrogen-bond acceptors (Lipinski definition) is 6. The fourth-order valence-electron chi connectivity index (χ4n) is 5.64. The molecule has 4 heterocycles. The van der Waals surface area contributed by atoms with Gasteiger partial charge in [-0.15, -0.1) is 10.2 Å². The molecule has 4 aromatic rings. The predicted molar refractivity (Wildman–Crippen MR) is 153 cm³/mol. The summed E-state index contributed by atoms with van der Waals surface area (Å²) in [5.41, 5.74) is 6.38. The van der Waals surface area contributed by atoms with Crippen molar-refractivity contribution in [1.29, 1.82) is 0 Å². The summed E-state index contributed by atoms with van der Waals surface area (Å²) >= 11 is 0. The lowest BCUT2D eigenvalue weighted by atomic mass is 9.75. The number of fused-ring (bicyclic) bond motifs is 2. The number of benzene rings is 1. The lowest BCUT2D eigenvalue weighted by Crippen LogP contribution is -2.30. The Hall–Kier alpha value is -4.00. The Balaban J connectivity index is 1.54. The van der Waals surface area contributed by atoms with Gasteiger partial charge in [-0.2, -0.15) is 9.61 Å². The van der Waals surface area contributed by atoms with E-state index in [1.807, 2.05) is 25.1 Å². The third-order valence-corrected chi connectivity index (χ3v) is 7.78. The van der Waals surface area contributed by atoms with E-state index in [0.29, 0.717) is 5.82 Å². The van der Waals surface area contributed by atoms with Crippen molar-refractivity contribution in [3.63, 3.8) is 0 Å². The molecule has 1 aliphatic rings. The second kappa shape index (κ2) is 10.8. The van der Waals surface area contributed by atoms with E-state index in [0.717, 1.165) is 60.2 Å². The van der Waals surface area contributed by atoms with Crippen LogP contribution in [0.4, 0.5) is 5.69 Å². The lowest BCUT2D eigenvalue weighted by Gasteiger charge is -2.32. The van der Waals surface area contributed by atoms with Crippen molar-refractivity contribution in [2.24, 2.45) is 0 Å². The molecule has 0 radical (unpaired) electrons. The van der Waals surface area contributed by atoms with Crippen molar-refractivity contribution < 1.29 is 4.74 Å². The van der Waals surface area contributed by atoms with Crippen LogP contribution in [0.15, 0.2) is 66.5 Å². The average Bonchev–Trinajstić information content (AvgIpc) is 3.58. The predicted octanol–water partition coefficient (Wildman–Crippen LogP) is 5.82. The topological polar surface area (TPSA) is 68.4 Å². The number of allylic oxidation sites excluding steroid dienone is 4. The summed E-state index contributed by atoms with van der Waals surface area (Å²) in [5.74, 6) is 1.56. The standard InChI is InChI=1S/C31H36N6O/c1-6-9-20-36-27-18-17-23(38-5)21-25(27)31(7-2,8-3)28(36)16-11-10-14-24-22(4)35-37-29(24)33-34-30(37)26-15-12-13-19-32-26/h10-19,21H,6-9,20H2,1-5H3/b11-10+,24-14-,28-16+. The third-order valence-electron chi connectivity index (χ3n) is 7.78. The SMILES string of the molecule is CCCCN1/C(=C/C=C/C=c2/c(C)nn3c(-c4ccccn4)nnc23)C(CC)(CC)c2cc(OC)ccc21. The first-order valence-electron chi connectivity index (χ1n) is 13.6. The monoisotopic (exact) mass is 508 g/mol. The highest BCUT2D eigenvalue weighted by atomic mass is 16.5. The molecule has 0 spiro atoms. The third kappa shape index (κ3) is 4.26. The van der Waals surface area contributed by atoms with Crippen LogP contribution in [0, 0.1) is 6.92 Å². The summed E-state index contributed by atoms with van der Waals surface area (Å²) < 4.78 is 7.39. The molecule has 1 aromatic carbocycles. The first-order valence-corrected chi connectivity index (χ1v) is 13.6. The Morgan fingerprint density at radius 1 is 1.00 bits per heavy atom. The molecule has 1 aliphatic heterocycles. The second-order valence-electron chi connectivity index (χ2n) is 9.75. The maximum Gasteiger partial charge on any atom is 0.203 e. The van der Waals surface area contributed by atoms with Crippen LogP contribution >= 0.6 is 0 Å². The average molecular weight is 509 g/mol. The molecule has 7 heteroatoms. The Morgan fingerprint density at radius 2 is 1.82 bits per heavy atom. The number of rotatable bonds is 9. The van der Waals surface area contributed by atoms with Crippen molar-refractivity contribution in [2.45, 2.75) is 58.8 Å².